The number of carboxylic acid groups (broad SMARTS) is 2. The van der Waals surface area contributed by atoms with Gasteiger partial charge in [-0.05, 0) is 13.3 Å². The Morgan fingerprint density at radius 1 is 0.700 bits per heavy atom. The van der Waals surface area contributed by atoms with E-state index in [1.54, 1.807) is 0 Å². The topological polar surface area (TPSA) is 316 Å². The van der Waals surface area contributed by atoms with E-state index < -0.39 is 125 Å². The van der Waals surface area contributed by atoms with E-state index >= 15 is 0 Å². The molecule has 0 radical (unpaired) electrons. The van der Waals surface area contributed by atoms with Gasteiger partial charge in [0.1, 0.15) is 48.7 Å². The summed E-state index contributed by atoms with van der Waals surface area (Å²) in [4.78, 5) is 59.1. The summed E-state index contributed by atoms with van der Waals surface area (Å²) in [6.07, 6.45) is -1.33. The standard InChI is InChI=1S/C38H69N2O19P/c1-5-6-7-8-9-10-11-12-13-14-15-16-17-18-19-53-28(36(49)50)22-54-60(51,52)59-38-30(40-25(4)44)34(55-23(2)35(47)48)33(27(21-42)57-38)58-37-29(39-24(3)43)32(46)31(45)26(20-41)56-37/h23,26-34,37-38,41-42,45-46H,5-22H2,1-4H3,(H,39,43)(H,40,44)(H,47,48)(H,49,50)(H,51,52)/t23-,26-,27-,28-,29-,30-,31-,32-,33-,34-,37+,38-/m1/s1. The fourth-order valence-electron chi connectivity index (χ4n) is 6.93. The SMILES string of the molecule is CCCCCCCCCCCCCCCCO[C@H](COP(=O)(O)O[C@H]1O[C@H](CO)[C@@H](O[C@@H]2O[C@H](CO)[C@@H](O)[C@H](O)[C@H]2NC(C)=O)[C@H](O[C@H](C)C(=O)O)[C@H]1NC(C)=O)C(=O)O. The van der Waals surface area contributed by atoms with E-state index in [1.165, 1.54) is 57.8 Å². The van der Waals surface area contributed by atoms with Crippen molar-refractivity contribution in [3.63, 3.8) is 0 Å². The Morgan fingerprint density at radius 2 is 1.20 bits per heavy atom. The molecule has 2 aliphatic heterocycles. The molecule has 2 heterocycles. The van der Waals surface area contributed by atoms with Crippen LogP contribution >= 0.6 is 7.82 Å². The van der Waals surface area contributed by atoms with E-state index in [0.29, 0.717) is 6.42 Å². The van der Waals surface area contributed by atoms with Gasteiger partial charge in [0.15, 0.2) is 24.8 Å². The summed E-state index contributed by atoms with van der Waals surface area (Å²) in [5, 5.41) is 65.5. The second-order valence-corrected chi connectivity index (χ2v) is 16.6. The van der Waals surface area contributed by atoms with Crippen LogP contribution in [0, 0.1) is 0 Å². The van der Waals surface area contributed by atoms with Crippen LogP contribution in [0.5, 0.6) is 0 Å². The van der Waals surface area contributed by atoms with E-state index in [-0.39, 0.29) is 6.61 Å². The van der Waals surface area contributed by atoms with Gasteiger partial charge < -0.3 is 69.9 Å². The normalized spacial score (nSPS) is 28.9. The first-order chi connectivity index (χ1) is 28.5. The molecule has 22 heteroatoms. The van der Waals surface area contributed by atoms with Crippen LogP contribution in [0.4, 0.5) is 0 Å². The first-order valence-electron chi connectivity index (χ1n) is 20.9. The predicted molar refractivity (Wildman–Crippen MR) is 210 cm³/mol. The lowest BCUT2D eigenvalue weighted by molar-refractivity contribution is -0.331. The van der Waals surface area contributed by atoms with Gasteiger partial charge in [0.25, 0.3) is 0 Å². The van der Waals surface area contributed by atoms with Gasteiger partial charge in [-0.25, -0.2) is 14.2 Å². The van der Waals surface area contributed by atoms with Crippen molar-refractivity contribution in [2.24, 2.45) is 0 Å². The monoisotopic (exact) mass is 888 g/mol. The molecule has 0 saturated carbocycles. The zero-order valence-corrected chi connectivity index (χ0v) is 36.0. The van der Waals surface area contributed by atoms with Gasteiger partial charge in [-0.2, -0.15) is 0 Å². The molecule has 13 atom stereocenters. The molecule has 60 heavy (non-hydrogen) atoms. The summed E-state index contributed by atoms with van der Waals surface area (Å²) in [5.41, 5.74) is 0. The van der Waals surface area contributed by atoms with Crippen LogP contribution in [-0.4, -0.2) is 159 Å². The van der Waals surface area contributed by atoms with Gasteiger partial charge in [0, 0.05) is 20.5 Å². The predicted octanol–water partition coefficient (Wildman–Crippen LogP) is 1.48. The van der Waals surface area contributed by atoms with Gasteiger partial charge in [-0.1, -0.05) is 90.4 Å². The van der Waals surface area contributed by atoms with Crippen molar-refractivity contribution in [2.75, 3.05) is 26.4 Å². The van der Waals surface area contributed by atoms with Gasteiger partial charge in [0.2, 0.25) is 11.8 Å². The molecule has 0 aromatic heterocycles. The number of carbonyl (C=O) groups is 4. The van der Waals surface area contributed by atoms with Gasteiger partial charge in [0.05, 0.1) is 19.8 Å². The maximum atomic E-state index is 13.3. The number of aliphatic hydroxyl groups excluding tert-OH is 4. The molecule has 9 N–H and O–H groups in total. The highest BCUT2D eigenvalue weighted by molar-refractivity contribution is 7.47. The molecule has 2 fully saturated rings. The zero-order chi connectivity index (χ0) is 44.8. The number of unbranched alkanes of at least 4 members (excludes halogenated alkanes) is 13. The molecule has 1 unspecified atom stereocenters. The number of carbonyl (C=O) groups excluding carboxylic acids is 2. The van der Waals surface area contributed by atoms with E-state index in [1.807, 2.05) is 0 Å². The number of nitrogens with one attached hydrogen (secondary N) is 2. The Bertz CT molecular complexity index is 1330. The van der Waals surface area contributed by atoms with Crippen LogP contribution in [0.3, 0.4) is 0 Å². The van der Waals surface area contributed by atoms with E-state index in [4.69, 9.17) is 32.7 Å². The lowest BCUT2D eigenvalue weighted by atomic mass is 9.94. The zero-order valence-electron chi connectivity index (χ0n) is 35.1. The maximum absolute atomic E-state index is 13.3. The van der Waals surface area contributed by atoms with Crippen LogP contribution < -0.4 is 10.6 Å². The summed E-state index contributed by atoms with van der Waals surface area (Å²) < 4.78 is 52.0. The summed E-state index contributed by atoms with van der Waals surface area (Å²) in [5.74, 6) is -4.50. The number of hydrogen-bond acceptors (Lipinski definition) is 16. The number of aliphatic hydroxyl groups is 4. The quantitative estimate of drug-likeness (QED) is 0.0352. The molecule has 0 spiro atoms. The summed E-state index contributed by atoms with van der Waals surface area (Å²) in [6.45, 7) is 2.72. The van der Waals surface area contributed by atoms with E-state index in [2.05, 4.69) is 17.6 Å². The number of phosphoric ester groups is 1. The molecule has 2 rings (SSSR count). The minimum absolute atomic E-state index is 0.0359. The second kappa shape index (κ2) is 28.3. The van der Waals surface area contributed by atoms with Crippen molar-refractivity contribution < 1.29 is 92.0 Å². The maximum Gasteiger partial charge on any atom is 0.474 e. The Hall–Kier alpha value is -2.37. The second-order valence-electron chi connectivity index (χ2n) is 15.2. The van der Waals surface area contributed by atoms with Crippen LogP contribution in [0.2, 0.25) is 0 Å². The lowest BCUT2D eigenvalue weighted by Crippen LogP contribution is -2.70. The van der Waals surface area contributed by atoms with Crippen molar-refractivity contribution in [1.29, 1.82) is 0 Å². The van der Waals surface area contributed by atoms with Gasteiger partial charge in [-0.3, -0.25) is 18.6 Å². The smallest absolute Gasteiger partial charge is 0.474 e. The van der Waals surface area contributed by atoms with Crippen LogP contribution in [-0.2, 0) is 56.5 Å². The van der Waals surface area contributed by atoms with Gasteiger partial charge >= 0.3 is 19.8 Å². The number of ether oxygens (including phenoxy) is 5. The molecule has 2 saturated heterocycles. The van der Waals surface area contributed by atoms with Crippen molar-refractivity contribution >= 4 is 31.6 Å². The molecule has 2 amide bonds. The summed E-state index contributed by atoms with van der Waals surface area (Å²) >= 11 is 0. The molecular weight excluding hydrogens is 819 g/mol. The number of aliphatic carboxylic acids is 2. The number of hydrogen-bond donors (Lipinski definition) is 9. The van der Waals surface area contributed by atoms with Crippen LogP contribution in [0.1, 0.15) is 118 Å². The average molecular weight is 889 g/mol. The third-order valence-corrected chi connectivity index (χ3v) is 11.1. The largest absolute Gasteiger partial charge is 0.479 e. The third kappa shape index (κ3) is 18.9. The number of carboxylic acids is 2. The number of phosphoric acid groups is 1. The van der Waals surface area contributed by atoms with Crippen molar-refractivity contribution in [1.82, 2.24) is 10.6 Å². The molecule has 0 aromatic rings. The summed E-state index contributed by atoms with van der Waals surface area (Å²) in [6, 6.07) is -3.24. The van der Waals surface area contributed by atoms with Gasteiger partial charge in [-0.15, -0.1) is 0 Å². The molecule has 21 nitrogen and oxygen atoms in total. The van der Waals surface area contributed by atoms with E-state index in [9.17, 15) is 59.3 Å². The average Bonchev–Trinajstić information content (AvgIpc) is 3.18. The minimum Gasteiger partial charge on any atom is -0.479 e. The molecule has 2 aliphatic rings. The molecule has 0 aromatic carbocycles. The van der Waals surface area contributed by atoms with E-state index in [0.717, 1.165) is 46.5 Å². The molecular formula is C38H69N2O19P. The Labute approximate surface area is 351 Å². The first-order valence-corrected chi connectivity index (χ1v) is 22.4. The number of rotatable bonds is 31. The molecule has 0 aliphatic carbocycles. The Morgan fingerprint density at radius 3 is 1.68 bits per heavy atom. The highest BCUT2D eigenvalue weighted by atomic mass is 31.2. The van der Waals surface area contributed by atoms with Crippen molar-refractivity contribution in [3.05, 3.63) is 0 Å². The molecule has 350 valence electrons. The minimum atomic E-state index is -5.31. The fraction of sp³-hybridized carbons (Fsp3) is 0.895. The number of amides is 2. The third-order valence-electron chi connectivity index (χ3n) is 10.2. The van der Waals surface area contributed by atoms with Crippen LogP contribution in [0.25, 0.3) is 0 Å². The lowest BCUT2D eigenvalue weighted by Gasteiger charge is -2.49. The summed E-state index contributed by atoms with van der Waals surface area (Å²) in [7, 11) is -5.31. The molecule has 0 bridgehead atoms. The fourth-order valence-corrected chi connectivity index (χ4v) is 7.75. The highest BCUT2D eigenvalue weighted by Crippen LogP contribution is 2.47. The Kier molecular flexibility index (Phi) is 25.4. The Balaban J connectivity index is 2.10. The van der Waals surface area contributed by atoms with Crippen molar-refractivity contribution in [3.8, 4) is 0 Å². The van der Waals surface area contributed by atoms with Crippen molar-refractivity contribution in [2.45, 2.75) is 191 Å². The highest BCUT2D eigenvalue weighted by Gasteiger charge is 2.54. The van der Waals surface area contributed by atoms with Crippen LogP contribution in [0.15, 0.2) is 0 Å². The first kappa shape index (κ1) is 53.8.